The van der Waals surface area contributed by atoms with Crippen LogP contribution in [-0.4, -0.2) is 9.97 Å². The molecule has 0 amide bonds. The lowest BCUT2D eigenvalue weighted by Gasteiger charge is -2.10. The first-order valence-electron chi connectivity index (χ1n) is 8.03. The van der Waals surface area contributed by atoms with E-state index in [0.717, 1.165) is 38.8 Å². The fourth-order valence-corrected chi connectivity index (χ4v) is 2.71. The summed E-state index contributed by atoms with van der Waals surface area (Å²) in [6.45, 7) is 7.87. The SMILES string of the molecule is C=C/C=C(\C)c1ccc(/C=C/C=C\C)c2nc3ccccc3nc12. The van der Waals surface area contributed by atoms with Crippen LogP contribution in [0, 0.1) is 0 Å². The van der Waals surface area contributed by atoms with Gasteiger partial charge in [0, 0.05) is 11.1 Å². The van der Waals surface area contributed by atoms with E-state index in [1.54, 1.807) is 6.08 Å². The molecule has 0 N–H and O–H groups in total. The number of hydrogen-bond donors (Lipinski definition) is 0. The Balaban J connectivity index is 2.35. The standard InChI is InChI=1S/C22H20N2/c1-4-6-7-11-17-14-15-18(16(3)10-5-2)22-21(17)23-19-12-8-9-13-20(19)24-22/h4-15H,2H2,1,3H3/b6-4-,11-7+,16-10+. The molecular weight excluding hydrogens is 292 g/mol. The third-order valence-electron chi connectivity index (χ3n) is 3.90. The van der Waals surface area contributed by atoms with Gasteiger partial charge in [0.05, 0.1) is 22.1 Å². The van der Waals surface area contributed by atoms with Crippen molar-refractivity contribution >= 4 is 33.7 Å². The predicted molar refractivity (Wildman–Crippen MR) is 105 cm³/mol. The lowest BCUT2D eigenvalue weighted by molar-refractivity contribution is 1.37. The van der Waals surface area contributed by atoms with Crippen LogP contribution in [0.25, 0.3) is 33.7 Å². The molecule has 3 rings (SSSR count). The fraction of sp³-hybridized carbons (Fsp3) is 0.0909. The minimum atomic E-state index is 0.909. The van der Waals surface area contributed by atoms with Gasteiger partial charge < -0.3 is 0 Å². The van der Waals surface area contributed by atoms with Crippen molar-refractivity contribution in [3.8, 4) is 0 Å². The third kappa shape index (κ3) is 3.04. The molecule has 0 fully saturated rings. The molecule has 0 spiro atoms. The molecule has 0 saturated heterocycles. The van der Waals surface area contributed by atoms with Crippen molar-refractivity contribution in [2.24, 2.45) is 0 Å². The van der Waals surface area contributed by atoms with E-state index in [4.69, 9.17) is 9.97 Å². The molecule has 3 aromatic rings. The Morgan fingerprint density at radius 3 is 2.33 bits per heavy atom. The highest BCUT2D eigenvalue weighted by atomic mass is 14.8. The fourth-order valence-electron chi connectivity index (χ4n) is 2.71. The van der Waals surface area contributed by atoms with Gasteiger partial charge in [0.15, 0.2) is 0 Å². The van der Waals surface area contributed by atoms with Crippen LogP contribution in [0.2, 0.25) is 0 Å². The first-order chi connectivity index (χ1) is 11.7. The zero-order chi connectivity index (χ0) is 16.9. The van der Waals surface area contributed by atoms with Crippen LogP contribution in [0.1, 0.15) is 25.0 Å². The molecule has 1 aromatic heterocycles. The number of fused-ring (bicyclic) bond motifs is 2. The van der Waals surface area contributed by atoms with E-state index >= 15 is 0 Å². The molecular formula is C22H20N2. The summed E-state index contributed by atoms with van der Waals surface area (Å²) in [6, 6.07) is 12.2. The lowest BCUT2D eigenvalue weighted by atomic mass is 10.0. The first kappa shape index (κ1) is 15.9. The Morgan fingerprint density at radius 1 is 0.958 bits per heavy atom. The molecule has 2 heteroatoms. The zero-order valence-electron chi connectivity index (χ0n) is 14.0. The van der Waals surface area contributed by atoms with E-state index in [1.165, 1.54) is 0 Å². The van der Waals surface area contributed by atoms with Gasteiger partial charge >= 0.3 is 0 Å². The topological polar surface area (TPSA) is 25.8 Å². The molecule has 0 radical (unpaired) electrons. The second kappa shape index (κ2) is 7.05. The van der Waals surface area contributed by atoms with Gasteiger partial charge in [0.1, 0.15) is 0 Å². The second-order valence-electron chi connectivity index (χ2n) is 5.58. The van der Waals surface area contributed by atoms with Crippen molar-refractivity contribution < 1.29 is 0 Å². The smallest absolute Gasteiger partial charge is 0.0975 e. The Kier molecular flexibility index (Phi) is 4.66. The van der Waals surface area contributed by atoms with Crippen LogP contribution >= 0.6 is 0 Å². The molecule has 0 atom stereocenters. The highest BCUT2D eigenvalue weighted by Crippen LogP contribution is 2.28. The zero-order valence-corrected chi connectivity index (χ0v) is 14.0. The van der Waals surface area contributed by atoms with E-state index in [2.05, 4.69) is 31.7 Å². The van der Waals surface area contributed by atoms with Crippen LogP contribution in [0.3, 0.4) is 0 Å². The molecule has 24 heavy (non-hydrogen) atoms. The highest BCUT2D eigenvalue weighted by molar-refractivity contribution is 5.97. The first-order valence-corrected chi connectivity index (χ1v) is 8.03. The van der Waals surface area contributed by atoms with E-state index in [0.29, 0.717) is 0 Å². The van der Waals surface area contributed by atoms with Gasteiger partial charge in [-0.15, -0.1) is 0 Å². The second-order valence-corrected chi connectivity index (χ2v) is 5.58. The number of benzene rings is 2. The lowest BCUT2D eigenvalue weighted by Crippen LogP contribution is -1.94. The Labute approximate surface area is 142 Å². The molecule has 2 nitrogen and oxygen atoms in total. The van der Waals surface area contributed by atoms with Gasteiger partial charge in [-0.3, -0.25) is 0 Å². The number of aromatic nitrogens is 2. The quantitative estimate of drug-likeness (QED) is 0.438. The average molecular weight is 312 g/mol. The van der Waals surface area contributed by atoms with Crippen LogP contribution in [0.5, 0.6) is 0 Å². The minimum absolute atomic E-state index is 0.909. The van der Waals surface area contributed by atoms with Crippen LogP contribution in [0.4, 0.5) is 0 Å². The van der Waals surface area contributed by atoms with Gasteiger partial charge in [0.2, 0.25) is 0 Å². The summed E-state index contributed by atoms with van der Waals surface area (Å²) in [4.78, 5) is 9.75. The molecule has 0 aliphatic heterocycles. The maximum Gasteiger partial charge on any atom is 0.0975 e. The number of para-hydroxylation sites is 2. The van der Waals surface area contributed by atoms with Crippen molar-refractivity contribution in [2.45, 2.75) is 13.8 Å². The summed E-state index contributed by atoms with van der Waals surface area (Å²) in [5.41, 5.74) is 6.95. The van der Waals surface area contributed by atoms with Crippen molar-refractivity contribution in [3.05, 3.63) is 84.5 Å². The van der Waals surface area contributed by atoms with Crippen LogP contribution in [0.15, 0.2) is 73.4 Å². The molecule has 0 aliphatic rings. The number of hydrogen-bond acceptors (Lipinski definition) is 2. The molecule has 0 bridgehead atoms. The largest absolute Gasteiger partial charge is 0.244 e. The normalized spacial score (nSPS) is 12.7. The molecule has 0 unspecified atom stereocenters. The molecule has 0 saturated carbocycles. The maximum absolute atomic E-state index is 4.88. The van der Waals surface area contributed by atoms with Gasteiger partial charge in [-0.25, -0.2) is 9.97 Å². The highest BCUT2D eigenvalue weighted by Gasteiger charge is 2.10. The van der Waals surface area contributed by atoms with E-state index in [9.17, 15) is 0 Å². The molecule has 0 aliphatic carbocycles. The number of allylic oxidation sites excluding steroid dienone is 6. The summed E-state index contributed by atoms with van der Waals surface area (Å²) in [7, 11) is 0. The Morgan fingerprint density at radius 2 is 1.67 bits per heavy atom. The molecule has 1 heterocycles. The summed E-state index contributed by atoms with van der Waals surface area (Å²) in [5, 5.41) is 0. The summed E-state index contributed by atoms with van der Waals surface area (Å²) in [6.07, 6.45) is 11.9. The van der Waals surface area contributed by atoms with E-state index < -0.39 is 0 Å². The number of rotatable bonds is 4. The number of nitrogens with zero attached hydrogens (tertiary/aromatic N) is 2. The van der Waals surface area contributed by atoms with Crippen LogP contribution in [-0.2, 0) is 0 Å². The molecule has 118 valence electrons. The van der Waals surface area contributed by atoms with Crippen molar-refractivity contribution in [1.82, 2.24) is 9.97 Å². The van der Waals surface area contributed by atoms with E-state index in [-0.39, 0.29) is 0 Å². The predicted octanol–water partition coefficient (Wildman–Crippen LogP) is 5.96. The van der Waals surface area contributed by atoms with Crippen molar-refractivity contribution in [2.75, 3.05) is 0 Å². The van der Waals surface area contributed by atoms with E-state index in [1.807, 2.05) is 55.5 Å². The van der Waals surface area contributed by atoms with Gasteiger partial charge in [0.25, 0.3) is 0 Å². The minimum Gasteiger partial charge on any atom is -0.244 e. The average Bonchev–Trinajstić information content (AvgIpc) is 2.60. The summed E-state index contributed by atoms with van der Waals surface area (Å²) in [5.74, 6) is 0. The van der Waals surface area contributed by atoms with Gasteiger partial charge in [-0.05, 0) is 31.6 Å². The van der Waals surface area contributed by atoms with Crippen LogP contribution < -0.4 is 0 Å². The van der Waals surface area contributed by atoms with Crippen molar-refractivity contribution in [3.63, 3.8) is 0 Å². The third-order valence-corrected chi connectivity index (χ3v) is 3.90. The maximum atomic E-state index is 4.88. The monoisotopic (exact) mass is 312 g/mol. The summed E-state index contributed by atoms with van der Waals surface area (Å²) < 4.78 is 0. The van der Waals surface area contributed by atoms with Gasteiger partial charge in [-0.1, -0.05) is 67.3 Å². The Bertz CT molecular complexity index is 991. The Hall–Kier alpha value is -3.00. The van der Waals surface area contributed by atoms with Crippen molar-refractivity contribution in [1.29, 1.82) is 0 Å². The van der Waals surface area contributed by atoms with Gasteiger partial charge in [-0.2, -0.15) is 0 Å². The summed E-state index contributed by atoms with van der Waals surface area (Å²) >= 11 is 0. The molecule has 2 aromatic carbocycles.